The van der Waals surface area contributed by atoms with Gasteiger partial charge in [0.25, 0.3) is 5.91 Å². The third-order valence-corrected chi connectivity index (χ3v) is 6.77. The number of rotatable bonds is 3. The molecular formula is C20H27N3OS. The number of carbonyl (C=O) groups is 1. The number of carbonyl (C=O) groups excluding carboxylic acids is 1. The highest BCUT2D eigenvalue weighted by atomic mass is 32.1. The molecule has 1 unspecified atom stereocenters. The molecule has 1 aromatic heterocycles. The molecule has 1 amide bonds. The maximum atomic E-state index is 12.9. The summed E-state index contributed by atoms with van der Waals surface area (Å²) in [6.07, 6.45) is 5.65. The van der Waals surface area contributed by atoms with Crippen LogP contribution >= 0.6 is 11.3 Å². The predicted octanol–water partition coefficient (Wildman–Crippen LogP) is 2.22. The predicted molar refractivity (Wildman–Crippen MR) is 101 cm³/mol. The van der Waals surface area contributed by atoms with E-state index in [-0.39, 0.29) is 5.91 Å². The van der Waals surface area contributed by atoms with Crippen LogP contribution in [0, 0.1) is 23.2 Å². The molecule has 4 rings (SSSR count). The Hall–Kier alpha value is -1.35. The molecule has 2 aliphatic heterocycles. The lowest BCUT2D eigenvalue weighted by atomic mass is 9.93. The van der Waals surface area contributed by atoms with Crippen LogP contribution in [0.25, 0.3) is 0 Å². The van der Waals surface area contributed by atoms with E-state index >= 15 is 0 Å². The molecule has 1 atom stereocenters. The van der Waals surface area contributed by atoms with Crippen LogP contribution in [0.5, 0.6) is 0 Å². The summed E-state index contributed by atoms with van der Waals surface area (Å²) < 4.78 is 0. The molecule has 1 spiro atoms. The van der Waals surface area contributed by atoms with Crippen molar-refractivity contribution in [2.75, 3.05) is 26.2 Å². The highest BCUT2D eigenvalue weighted by molar-refractivity contribution is 7.07. The zero-order valence-electron chi connectivity index (χ0n) is 14.7. The Bertz CT molecular complexity index is 648. The molecule has 1 aliphatic carbocycles. The first kappa shape index (κ1) is 17.1. The summed E-state index contributed by atoms with van der Waals surface area (Å²) >= 11 is 1.70. The van der Waals surface area contributed by atoms with Crippen LogP contribution in [0.1, 0.15) is 37.7 Å². The van der Waals surface area contributed by atoms with Crippen molar-refractivity contribution in [3.8, 4) is 11.8 Å². The van der Waals surface area contributed by atoms with E-state index in [2.05, 4.69) is 44.2 Å². The molecular weight excluding hydrogens is 330 g/mol. The Morgan fingerprint density at radius 3 is 2.72 bits per heavy atom. The zero-order chi connectivity index (χ0) is 17.1. The summed E-state index contributed by atoms with van der Waals surface area (Å²) in [7, 11) is 0. The Morgan fingerprint density at radius 2 is 2.00 bits per heavy atom. The average molecular weight is 358 g/mol. The summed E-state index contributed by atoms with van der Waals surface area (Å²) in [6.45, 7) is 4.91. The van der Waals surface area contributed by atoms with Gasteiger partial charge in [0.05, 0.1) is 0 Å². The Labute approximate surface area is 154 Å². The monoisotopic (exact) mass is 357 g/mol. The van der Waals surface area contributed by atoms with E-state index < -0.39 is 0 Å². The van der Waals surface area contributed by atoms with Gasteiger partial charge >= 0.3 is 0 Å². The molecule has 0 bridgehead atoms. The molecule has 134 valence electrons. The van der Waals surface area contributed by atoms with E-state index in [1.807, 2.05) is 0 Å². The summed E-state index contributed by atoms with van der Waals surface area (Å²) in [6, 6.07) is 2.51. The lowest BCUT2D eigenvalue weighted by molar-refractivity contribution is -0.127. The summed E-state index contributed by atoms with van der Waals surface area (Å²) in [5.41, 5.74) is 1.59. The smallest absolute Gasteiger partial charge is 0.299 e. The van der Waals surface area contributed by atoms with Crippen molar-refractivity contribution in [1.82, 2.24) is 15.5 Å². The topological polar surface area (TPSA) is 44.4 Å². The van der Waals surface area contributed by atoms with Crippen LogP contribution in [0.15, 0.2) is 16.8 Å². The van der Waals surface area contributed by atoms with E-state index in [4.69, 9.17) is 0 Å². The highest BCUT2D eigenvalue weighted by Gasteiger charge is 2.57. The number of piperidine rings is 2. The molecule has 0 aromatic carbocycles. The molecule has 1 saturated carbocycles. The maximum absolute atomic E-state index is 12.9. The van der Waals surface area contributed by atoms with Gasteiger partial charge in [0.2, 0.25) is 0 Å². The number of thiophene rings is 1. The lowest BCUT2D eigenvalue weighted by Crippen LogP contribution is -2.38. The second kappa shape index (κ2) is 7.49. The zero-order valence-corrected chi connectivity index (χ0v) is 15.5. The van der Waals surface area contributed by atoms with Gasteiger partial charge in [-0.05, 0) is 92.0 Å². The number of nitrogens with zero attached hydrogens (tertiary/aromatic N) is 1. The van der Waals surface area contributed by atoms with Crippen molar-refractivity contribution in [2.24, 2.45) is 11.3 Å². The molecule has 3 heterocycles. The first-order chi connectivity index (χ1) is 12.3. The fraction of sp³-hybridized carbons (Fsp3) is 0.650. The number of amides is 1. The van der Waals surface area contributed by atoms with Crippen molar-refractivity contribution in [3.05, 3.63) is 22.4 Å². The summed E-state index contributed by atoms with van der Waals surface area (Å²) in [5.74, 6) is 6.68. The summed E-state index contributed by atoms with van der Waals surface area (Å²) in [5, 5.41) is 11.0. The molecule has 5 heteroatoms. The number of hydrogen-bond acceptors (Lipinski definition) is 4. The quantitative estimate of drug-likeness (QED) is 0.816. The molecule has 3 aliphatic rings. The second-order valence-electron chi connectivity index (χ2n) is 7.69. The van der Waals surface area contributed by atoms with Gasteiger partial charge < -0.3 is 15.5 Å². The van der Waals surface area contributed by atoms with Gasteiger partial charge in [-0.1, -0.05) is 5.92 Å². The van der Waals surface area contributed by atoms with E-state index in [0.29, 0.717) is 23.9 Å². The lowest BCUT2D eigenvalue weighted by Gasteiger charge is -2.28. The van der Waals surface area contributed by atoms with Crippen LogP contribution < -0.4 is 10.6 Å². The molecule has 4 nitrogen and oxygen atoms in total. The Kier molecular flexibility index (Phi) is 5.12. The largest absolute Gasteiger partial charge is 0.324 e. The summed E-state index contributed by atoms with van der Waals surface area (Å²) in [4.78, 5) is 15.0. The molecule has 2 N–H and O–H groups in total. The van der Waals surface area contributed by atoms with E-state index in [1.165, 1.54) is 18.4 Å². The van der Waals surface area contributed by atoms with Gasteiger partial charge in [0.1, 0.15) is 0 Å². The van der Waals surface area contributed by atoms with Gasteiger partial charge in [0, 0.05) is 18.5 Å². The molecule has 3 fully saturated rings. The highest BCUT2D eigenvalue weighted by Crippen LogP contribution is 2.56. The maximum Gasteiger partial charge on any atom is 0.299 e. The Morgan fingerprint density at radius 1 is 1.24 bits per heavy atom. The van der Waals surface area contributed by atoms with Crippen molar-refractivity contribution in [1.29, 1.82) is 0 Å². The van der Waals surface area contributed by atoms with Gasteiger partial charge in [-0.25, -0.2) is 0 Å². The van der Waals surface area contributed by atoms with Crippen molar-refractivity contribution in [3.63, 3.8) is 0 Å². The van der Waals surface area contributed by atoms with Crippen molar-refractivity contribution in [2.45, 2.75) is 44.7 Å². The van der Waals surface area contributed by atoms with E-state index in [9.17, 15) is 4.79 Å². The van der Waals surface area contributed by atoms with Gasteiger partial charge in [-0.2, -0.15) is 11.3 Å². The molecule has 1 aromatic rings. The van der Waals surface area contributed by atoms with Crippen LogP contribution in [-0.4, -0.2) is 43.0 Å². The third-order valence-electron chi connectivity index (χ3n) is 6.04. The SMILES string of the molecule is O=C(C#CC1CCNCC1)N(Cc1ccsc1)C1CC12CCNCC2. The number of hydrogen-bond donors (Lipinski definition) is 2. The first-order valence-electron chi connectivity index (χ1n) is 9.51. The third kappa shape index (κ3) is 3.92. The van der Waals surface area contributed by atoms with Gasteiger partial charge in [-0.15, -0.1) is 0 Å². The first-order valence-corrected chi connectivity index (χ1v) is 10.5. The van der Waals surface area contributed by atoms with E-state index in [1.54, 1.807) is 11.3 Å². The van der Waals surface area contributed by atoms with Crippen molar-refractivity contribution < 1.29 is 4.79 Å². The minimum absolute atomic E-state index is 0.0325. The van der Waals surface area contributed by atoms with Gasteiger partial charge in [0.15, 0.2) is 0 Å². The molecule has 2 saturated heterocycles. The minimum atomic E-state index is 0.0325. The van der Waals surface area contributed by atoms with Crippen LogP contribution in [0.2, 0.25) is 0 Å². The van der Waals surface area contributed by atoms with Crippen LogP contribution in [-0.2, 0) is 11.3 Å². The second-order valence-corrected chi connectivity index (χ2v) is 8.47. The normalized spacial score (nSPS) is 25.2. The van der Waals surface area contributed by atoms with Crippen LogP contribution in [0.3, 0.4) is 0 Å². The standard InChI is InChI=1S/C20H27N3OS/c24-19(2-1-16-3-8-21-9-4-16)23(14-17-5-12-25-15-17)18-13-20(18)6-10-22-11-7-20/h5,12,15-16,18,21-22H,3-4,6-11,13-14H2. The van der Waals surface area contributed by atoms with Crippen molar-refractivity contribution >= 4 is 17.2 Å². The molecule has 0 radical (unpaired) electrons. The molecule has 25 heavy (non-hydrogen) atoms. The van der Waals surface area contributed by atoms with E-state index in [0.717, 1.165) is 45.4 Å². The van der Waals surface area contributed by atoms with Crippen LogP contribution in [0.4, 0.5) is 0 Å². The average Bonchev–Trinajstić information content (AvgIpc) is 3.08. The fourth-order valence-corrected chi connectivity index (χ4v) is 4.99. The number of nitrogens with one attached hydrogen (secondary N) is 2. The fourth-order valence-electron chi connectivity index (χ4n) is 4.33. The Balaban J connectivity index is 1.47. The minimum Gasteiger partial charge on any atom is -0.324 e. The van der Waals surface area contributed by atoms with Gasteiger partial charge in [-0.3, -0.25) is 4.79 Å².